The van der Waals surface area contributed by atoms with Gasteiger partial charge in [0, 0.05) is 10.8 Å². The minimum absolute atomic E-state index is 0.191. The number of allylic oxidation sites excluding steroid dienone is 6. The van der Waals surface area contributed by atoms with Crippen LogP contribution in [0.2, 0.25) is 0 Å². The Hall–Kier alpha value is -4.42. The highest BCUT2D eigenvalue weighted by molar-refractivity contribution is 5.58. The Kier molecular flexibility index (Phi) is 10.8. The Balaban J connectivity index is 0.957. The number of hydrogen-bond acceptors (Lipinski definition) is 0. The highest BCUT2D eigenvalue weighted by Gasteiger charge is 2.49. The van der Waals surface area contributed by atoms with Gasteiger partial charge in [0.05, 0.1) is 0 Å². The van der Waals surface area contributed by atoms with Gasteiger partial charge in [-0.25, -0.2) is 0 Å². The van der Waals surface area contributed by atoms with Crippen LogP contribution < -0.4 is 0 Å². The first-order chi connectivity index (χ1) is 22.7. The minimum Gasteiger partial charge on any atom is -0.0885 e. The molecule has 6 rings (SSSR count). The molecule has 0 spiro atoms. The van der Waals surface area contributed by atoms with E-state index in [2.05, 4.69) is 182 Å². The molecule has 0 amide bonds. The highest BCUT2D eigenvalue weighted by atomic mass is 14.5. The Morgan fingerprint density at radius 1 is 0.413 bits per heavy atom. The van der Waals surface area contributed by atoms with Crippen molar-refractivity contribution in [2.45, 2.75) is 51.4 Å². The van der Waals surface area contributed by atoms with Crippen LogP contribution in [-0.2, 0) is 0 Å². The van der Waals surface area contributed by atoms with Gasteiger partial charge in [-0.2, -0.15) is 0 Å². The van der Waals surface area contributed by atoms with Crippen molar-refractivity contribution in [3.05, 3.63) is 180 Å². The van der Waals surface area contributed by atoms with Crippen LogP contribution in [0.25, 0.3) is 24.3 Å². The quantitative estimate of drug-likeness (QED) is 0.0886. The van der Waals surface area contributed by atoms with E-state index in [-0.39, 0.29) is 10.8 Å². The van der Waals surface area contributed by atoms with Crippen LogP contribution in [0, 0.1) is 22.7 Å². The molecule has 0 radical (unpaired) electrons. The van der Waals surface area contributed by atoms with Crippen LogP contribution in [0.5, 0.6) is 0 Å². The van der Waals surface area contributed by atoms with E-state index < -0.39 is 0 Å². The molecule has 0 bridgehead atoms. The topological polar surface area (TPSA) is 0 Å². The molecule has 2 saturated carbocycles. The Morgan fingerprint density at radius 2 is 0.696 bits per heavy atom. The van der Waals surface area contributed by atoms with Crippen molar-refractivity contribution in [3.8, 4) is 0 Å². The lowest BCUT2D eigenvalue weighted by Crippen LogP contribution is -1.96. The van der Waals surface area contributed by atoms with Gasteiger partial charge in [0.1, 0.15) is 0 Å². The van der Waals surface area contributed by atoms with Gasteiger partial charge >= 0.3 is 0 Å². The average molecular weight is 601 g/mol. The predicted octanol–water partition coefficient (Wildman–Crippen LogP) is 12.7. The normalized spacial score (nSPS) is 20.0. The van der Waals surface area contributed by atoms with Crippen molar-refractivity contribution in [3.63, 3.8) is 0 Å². The van der Waals surface area contributed by atoms with Crippen LogP contribution in [-0.4, -0.2) is 0 Å². The Morgan fingerprint density at radius 3 is 0.978 bits per heavy atom. The fraction of sp³-hybridized carbons (Fsp3) is 0.261. The van der Waals surface area contributed by atoms with E-state index in [1.165, 1.54) is 73.6 Å². The summed E-state index contributed by atoms with van der Waals surface area (Å²) in [6.45, 7) is 0. The molecule has 4 aromatic carbocycles. The zero-order valence-corrected chi connectivity index (χ0v) is 27.1. The summed E-state index contributed by atoms with van der Waals surface area (Å²) in [7, 11) is 0. The number of rotatable bonds is 16. The zero-order chi connectivity index (χ0) is 31.3. The molecule has 46 heavy (non-hydrogen) atoms. The fourth-order valence-electron chi connectivity index (χ4n) is 6.87. The van der Waals surface area contributed by atoms with E-state index in [1.807, 2.05) is 0 Å². The molecule has 0 saturated heterocycles. The third-order valence-corrected chi connectivity index (χ3v) is 9.96. The van der Waals surface area contributed by atoms with Gasteiger partial charge in [-0.15, -0.1) is 0 Å². The number of benzene rings is 4. The lowest BCUT2D eigenvalue weighted by Gasteiger charge is -2.08. The van der Waals surface area contributed by atoms with Gasteiger partial charge in [0.15, 0.2) is 0 Å². The van der Waals surface area contributed by atoms with E-state index in [0.29, 0.717) is 0 Å². The SMILES string of the molecule is C(=C\CCCC1CC1(/C=C/c1ccccc1)/C=C/c1ccccc1)/CCCC1CC1(/C=C/c1ccccc1)/C=C/c1ccccc1. The van der Waals surface area contributed by atoms with Crippen LogP contribution in [0.1, 0.15) is 73.6 Å². The van der Waals surface area contributed by atoms with Crippen molar-refractivity contribution >= 4 is 24.3 Å². The predicted molar refractivity (Wildman–Crippen MR) is 200 cm³/mol. The average Bonchev–Trinajstić information content (AvgIpc) is 4.02. The summed E-state index contributed by atoms with van der Waals surface area (Å²) in [6, 6.07) is 42.9. The van der Waals surface area contributed by atoms with Gasteiger partial charge in [0.2, 0.25) is 0 Å². The number of hydrogen-bond donors (Lipinski definition) is 0. The Labute approximate surface area is 277 Å². The molecule has 2 unspecified atom stereocenters. The zero-order valence-electron chi connectivity index (χ0n) is 27.1. The van der Waals surface area contributed by atoms with Crippen molar-refractivity contribution in [1.82, 2.24) is 0 Å². The first-order valence-electron chi connectivity index (χ1n) is 17.4. The molecule has 0 nitrogen and oxygen atoms in total. The molecular weight excluding hydrogens is 553 g/mol. The molecule has 4 aromatic rings. The summed E-state index contributed by atoms with van der Waals surface area (Å²) in [4.78, 5) is 0. The van der Waals surface area contributed by atoms with Gasteiger partial charge < -0.3 is 0 Å². The van der Waals surface area contributed by atoms with Crippen molar-refractivity contribution < 1.29 is 0 Å². The maximum absolute atomic E-state index is 2.46. The van der Waals surface area contributed by atoms with Crippen LogP contribution in [0.15, 0.2) is 158 Å². The van der Waals surface area contributed by atoms with Crippen LogP contribution >= 0.6 is 0 Å². The second kappa shape index (κ2) is 15.7. The maximum Gasteiger partial charge on any atom is 0.00992 e. The molecule has 2 aliphatic carbocycles. The van der Waals surface area contributed by atoms with Gasteiger partial charge in [-0.3, -0.25) is 0 Å². The summed E-state index contributed by atoms with van der Waals surface area (Å²) >= 11 is 0. The summed E-state index contributed by atoms with van der Waals surface area (Å²) in [5.41, 5.74) is 5.52. The highest BCUT2D eigenvalue weighted by Crippen LogP contribution is 2.59. The molecule has 0 heteroatoms. The Bertz CT molecular complexity index is 1400. The largest absolute Gasteiger partial charge is 0.0885 e. The molecule has 2 aliphatic rings. The lowest BCUT2D eigenvalue weighted by atomic mass is 9.96. The maximum atomic E-state index is 2.46. The molecule has 0 N–H and O–H groups in total. The standard InChI is InChI=1S/C46H48/c1(3-17-27-43-37-45(43,33-29-39-19-9-5-10-20-39)34-30-40-21-11-6-12-22-40)2-4-18-28-44-38-46(44,35-31-41-23-13-7-14-24-41)36-32-42-25-15-8-16-26-42/h1-2,5-16,19-26,29-36,43-44H,3-4,17-18,27-28,37-38H2/b2-1+,33-29+,34-30+,35-31+,36-32+. The first-order valence-corrected chi connectivity index (χ1v) is 17.4. The van der Waals surface area contributed by atoms with E-state index in [9.17, 15) is 0 Å². The van der Waals surface area contributed by atoms with Gasteiger partial charge in [0.25, 0.3) is 0 Å². The van der Waals surface area contributed by atoms with Gasteiger partial charge in [-0.1, -0.05) is 182 Å². The summed E-state index contributed by atoms with van der Waals surface area (Å²) in [5, 5.41) is 0. The van der Waals surface area contributed by atoms with E-state index in [0.717, 1.165) is 11.8 Å². The first kappa shape index (κ1) is 31.6. The van der Waals surface area contributed by atoms with E-state index in [1.54, 1.807) is 0 Å². The van der Waals surface area contributed by atoms with Crippen LogP contribution in [0.4, 0.5) is 0 Å². The smallest absolute Gasteiger partial charge is 0.00992 e. The van der Waals surface area contributed by atoms with Crippen molar-refractivity contribution in [1.29, 1.82) is 0 Å². The second-order valence-electron chi connectivity index (χ2n) is 13.3. The molecular formula is C46H48. The van der Waals surface area contributed by atoms with E-state index >= 15 is 0 Å². The molecule has 0 aromatic heterocycles. The van der Waals surface area contributed by atoms with Crippen molar-refractivity contribution in [2.75, 3.05) is 0 Å². The second-order valence-corrected chi connectivity index (χ2v) is 13.3. The minimum atomic E-state index is 0.191. The third-order valence-electron chi connectivity index (χ3n) is 9.96. The summed E-state index contributed by atoms with van der Waals surface area (Å²) in [5.74, 6) is 1.47. The molecule has 232 valence electrons. The molecule has 2 atom stereocenters. The fourth-order valence-corrected chi connectivity index (χ4v) is 6.87. The van der Waals surface area contributed by atoms with Crippen LogP contribution in [0.3, 0.4) is 0 Å². The summed E-state index contributed by atoms with van der Waals surface area (Å²) < 4.78 is 0. The lowest BCUT2D eigenvalue weighted by molar-refractivity contribution is 0.599. The van der Waals surface area contributed by atoms with Gasteiger partial charge in [-0.05, 0) is 85.5 Å². The monoisotopic (exact) mass is 600 g/mol. The third kappa shape index (κ3) is 9.07. The molecule has 2 fully saturated rings. The number of unbranched alkanes of at least 4 members (excludes halogenated alkanes) is 2. The molecule has 0 aliphatic heterocycles. The summed E-state index contributed by atoms with van der Waals surface area (Å²) in [6.07, 6.45) is 34.0. The van der Waals surface area contributed by atoms with Crippen molar-refractivity contribution in [2.24, 2.45) is 22.7 Å². The van der Waals surface area contributed by atoms with E-state index in [4.69, 9.17) is 0 Å². The molecule has 0 heterocycles.